The van der Waals surface area contributed by atoms with Crippen LogP contribution in [0.1, 0.15) is 78.1 Å². The van der Waals surface area contributed by atoms with Crippen molar-refractivity contribution in [2.45, 2.75) is 89.8 Å². The molecule has 0 radical (unpaired) electrons. The molecule has 1 saturated carbocycles. The van der Waals surface area contributed by atoms with E-state index in [0.717, 1.165) is 32.1 Å². The fraction of sp³-hybridized carbons (Fsp3) is 0.846. The minimum Gasteiger partial charge on any atom is -0.392 e. The van der Waals surface area contributed by atoms with Gasteiger partial charge >= 0.3 is 0 Å². The van der Waals surface area contributed by atoms with Crippen molar-refractivity contribution in [3.05, 3.63) is 23.8 Å². The van der Waals surface area contributed by atoms with Crippen LogP contribution >= 0.6 is 11.8 Å². The van der Waals surface area contributed by atoms with Gasteiger partial charge in [-0.2, -0.15) is 11.8 Å². The number of hydrogen-bond donors (Lipinski definition) is 2. The number of thioether (sulfide) groups is 1. The summed E-state index contributed by atoms with van der Waals surface area (Å²) >= 11 is 2.10. The van der Waals surface area contributed by atoms with Crippen LogP contribution in [0.5, 0.6) is 0 Å². The van der Waals surface area contributed by atoms with Gasteiger partial charge in [-0.3, -0.25) is 0 Å². The summed E-state index contributed by atoms with van der Waals surface area (Å²) in [7, 11) is 0. The van der Waals surface area contributed by atoms with E-state index in [1.807, 2.05) is 6.92 Å². The van der Waals surface area contributed by atoms with E-state index in [1.165, 1.54) is 56.8 Å². The van der Waals surface area contributed by atoms with E-state index in [4.69, 9.17) is 0 Å². The summed E-state index contributed by atoms with van der Waals surface area (Å²) < 4.78 is 0. The number of piperidine rings is 1. The first-order valence-corrected chi connectivity index (χ1v) is 13.7. The van der Waals surface area contributed by atoms with Gasteiger partial charge < -0.3 is 15.1 Å². The molecule has 3 rings (SSSR count). The molecule has 1 aliphatic heterocycles. The highest BCUT2D eigenvalue weighted by Gasteiger charge is 2.43. The van der Waals surface area contributed by atoms with Crippen LogP contribution in [0.25, 0.3) is 0 Å². The van der Waals surface area contributed by atoms with Crippen LogP contribution in [0.4, 0.5) is 0 Å². The molecular formula is C26H45NO2S. The maximum absolute atomic E-state index is 10.6. The molecule has 3 aliphatic rings. The third kappa shape index (κ3) is 7.39. The molecule has 0 bridgehead atoms. The van der Waals surface area contributed by atoms with Gasteiger partial charge in [0.05, 0.1) is 11.7 Å². The Morgan fingerprint density at radius 1 is 1.23 bits per heavy atom. The normalized spacial score (nSPS) is 31.8. The number of aliphatic hydroxyl groups is 2. The van der Waals surface area contributed by atoms with Gasteiger partial charge in [0.15, 0.2) is 0 Å². The first-order chi connectivity index (χ1) is 14.5. The number of unbranched alkanes of at least 4 members (excludes halogenated alkanes) is 1. The van der Waals surface area contributed by atoms with Crippen LogP contribution in [0.3, 0.4) is 0 Å². The third-order valence-electron chi connectivity index (χ3n) is 7.43. The lowest BCUT2D eigenvalue weighted by atomic mass is 9.88. The monoisotopic (exact) mass is 435 g/mol. The van der Waals surface area contributed by atoms with Crippen molar-refractivity contribution >= 4 is 11.8 Å². The Labute approximate surface area is 189 Å². The molecule has 0 aromatic rings. The van der Waals surface area contributed by atoms with Gasteiger partial charge in [0.2, 0.25) is 0 Å². The van der Waals surface area contributed by atoms with Crippen molar-refractivity contribution < 1.29 is 10.2 Å². The maximum Gasteiger partial charge on any atom is 0.0654 e. The second kappa shape index (κ2) is 12.1. The van der Waals surface area contributed by atoms with E-state index >= 15 is 0 Å². The fourth-order valence-electron chi connectivity index (χ4n) is 5.63. The molecule has 30 heavy (non-hydrogen) atoms. The molecule has 1 heterocycles. The SMILES string of the molecule is CCCC[C@](C)(O)C/C=C/[C@@H]1[C@H]2CC(CSCCCN3CCCCC3)=C[C@H]2C[C@H]1O. The first kappa shape index (κ1) is 24.4. The molecule has 0 amide bonds. The Morgan fingerprint density at radius 3 is 2.80 bits per heavy atom. The lowest BCUT2D eigenvalue weighted by Gasteiger charge is -2.26. The van der Waals surface area contributed by atoms with Crippen molar-refractivity contribution in [3.8, 4) is 0 Å². The van der Waals surface area contributed by atoms with E-state index < -0.39 is 5.60 Å². The molecule has 2 fully saturated rings. The number of hydrogen-bond acceptors (Lipinski definition) is 4. The summed E-state index contributed by atoms with van der Waals surface area (Å²) in [6.07, 6.45) is 17.9. The molecule has 3 nitrogen and oxygen atoms in total. The quantitative estimate of drug-likeness (QED) is 0.317. The zero-order valence-electron chi connectivity index (χ0n) is 19.4. The fourth-order valence-corrected chi connectivity index (χ4v) is 6.58. The molecule has 1 saturated heterocycles. The van der Waals surface area contributed by atoms with Crippen molar-refractivity contribution in [2.75, 3.05) is 31.1 Å². The zero-order chi connectivity index (χ0) is 21.4. The van der Waals surface area contributed by atoms with Crippen LogP contribution in [0.2, 0.25) is 0 Å². The van der Waals surface area contributed by atoms with E-state index in [9.17, 15) is 10.2 Å². The number of aliphatic hydroxyl groups excluding tert-OH is 1. The lowest BCUT2D eigenvalue weighted by molar-refractivity contribution is 0.0513. The van der Waals surface area contributed by atoms with Crippen molar-refractivity contribution in [1.82, 2.24) is 4.90 Å². The van der Waals surface area contributed by atoms with Crippen LogP contribution in [0, 0.1) is 17.8 Å². The summed E-state index contributed by atoms with van der Waals surface area (Å²) in [6.45, 7) is 8.00. The number of allylic oxidation sites excluding steroid dienone is 1. The van der Waals surface area contributed by atoms with Gasteiger partial charge in [-0.1, -0.05) is 50.0 Å². The summed E-state index contributed by atoms with van der Waals surface area (Å²) in [5, 5.41) is 21.1. The third-order valence-corrected chi connectivity index (χ3v) is 8.59. The summed E-state index contributed by atoms with van der Waals surface area (Å²) in [5.74, 6) is 3.82. The van der Waals surface area contributed by atoms with Crippen molar-refractivity contribution in [3.63, 3.8) is 0 Å². The Kier molecular flexibility index (Phi) is 9.81. The molecule has 2 N–H and O–H groups in total. The average molecular weight is 436 g/mol. The lowest BCUT2D eigenvalue weighted by Crippen LogP contribution is -2.30. The predicted octanol–water partition coefficient (Wildman–Crippen LogP) is 5.43. The smallest absolute Gasteiger partial charge is 0.0654 e. The van der Waals surface area contributed by atoms with Gasteiger partial charge in [-0.05, 0) is 89.1 Å². The highest BCUT2D eigenvalue weighted by Crippen LogP contribution is 2.47. The maximum atomic E-state index is 10.6. The summed E-state index contributed by atoms with van der Waals surface area (Å²) in [4.78, 5) is 2.64. The van der Waals surface area contributed by atoms with Gasteiger partial charge in [0.1, 0.15) is 0 Å². The van der Waals surface area contributed by atoms with Gasteiger partial charge in [-0.15, -0.1) is 0 Å². The molecule has 4 heteroatoms. The minimum atomic E-state index is -0.612. The van der Waals surface area contributed by atoms with Gasteiger partial charge in [-0.25, -0.2) is 0 Å². The molecular weight excluding hydrogens is 390 g/mol. The van der Waals surface area contributed by atoms with Crippen molar-refractivity contribution in [1.29, 1.82) is 0 Å². The second-order valence-corrected chi connectivity index (χ2v) is 11.4. The van der Waals surface area contributed by atoms with E-state index in [-0.39, 0.29) is 12.0 Å². The molecule has 0 spiro atoms. The standard InChI is InChI=1S/C26H45NO2S/c1-3-4-11-26(2,29)12-8-10-23-24-18-21(17-22(24)19-25(23)28)20-30-16-9-15-27-13-6-5-7-14-27/h8,10,17,22-25,28-29H,3-7,9,11-16,18-20H2,1-2H3/b10-8+/t22-,23+,24-,25+,26-/m0/s1. The molecule has 0 unspecified atom stereocenters. The van der Waals surface area contributed by atoms with Gasteiger partial charge in [0, 0.05) is 11.7 Å². The number of rotatable bonds is 12. The van der Waals surface area contributed by atoms with E-state index in [2.05, 4.69) is 41.8 Å². The Morgan fingerprint density at radius 2 is 2.03 bits per heavy atom. The predicted molar refractivity (Wildman–Crippen MR) is 130 cm³/mol. The summed E-state index contributed by atoms with van der Waals surface area (Å²) in [5.41, 5.74) is 0.993. The first-order valence-electron chi connectivity index (χ1n) is 12.6. The second-order valence-electron chi connectivity index (χ2n) is 10.3. The highest BCUT2D eigenvalue weighted by atomic mass is 32.2. The van der Waals surface area contributed by atoms with Crippen LogP contribution in [-0.2, 0) is 0 Å². The molecule has 5 atom stereocenters. The molecule has 2 aliphatic carbocycles. The van der Waals surface area contributed by atoms with Gasteiger partial charge in [0.25, 0.3) is 0 Å². The number of nitrogens with zero attached hydrogens (tertiary/aromatic N) is 1. The largest absolute Gasteiger partial charge is 0.392 e. The molecule has 0 aromatic heterocycles. The van der Waals surface area contributed by atoms with Crippen LogP contribution in [-0.4, -0.2) is 58.0 Å². The topological polar surface area (TPSA) is 43.7 Å². The highest BCUT2D eigenvalue weighted by molar-refractivity contribution is 7.99. The molecule has 0 aromatic carbocycles. The zero-order valence-corrected chi connectivity index (χ0v) is 20.2. The van der Waals surface area contributed by atoms with Crippen molar-refractivity contribution in [2.24, 2.45) is 17.8 Å². The molecule has 172 valence electrons. The number of likely N-dealkylation sites (tertiary alicyclic amines) is 1. The Bertz CT molecular complexity index is 567. The Balaban J connectivity index is 1.36. The Hall–Kier alpha value is -0.290. The average Bonchev–Trinajstić information content (AvgIpc) is 3.24. The summed E-state index contributed by atoms with van der Waals surface area (Å²) in [6, 6.07) is 0. The minimum absolute atomic E-state index is 0.216. The van der Waals surface area contributed by atoms with E-state index in [1.54, 1.807) is 5.57 Å². The van der Waals surface area contributed by atoms with Crippen LogP contribution in [0.15, 0.2) is 23.8 Å². The van der Waals surface area contributed by atoms with Crippen LogP contribution < -0.4 is 0 Å². The number of fused-ring (bicyclic) bond motifs is 1. The van der Waals surface area contributed by atoms with E-state index in [0.29, 0.717) is 18.3 Å².